The number of fused-ring (bicyclic) bond motifs is 1. The van der Waals surface area contributed by atoms with E-state index < -0.39 is 11.9 Å². The molecule has 2 aromatic carbocycles. The van der Waals surface area contributed by atoms with Gasteiger partial charge in [0.05, 0.1) is 11.6 Å². The molecule has 1 aromatic heterocycles. The van der Waals surface area contributed by atoms with Gasteiger partial charge in [-0.1, -0.05) is 23.7 Å². The van der Waals surface area contributed by atoms with Gasteiger partial charge in [0.1, 0.15) is 17.1 Å². The lowest BCUT2D eigenvalue weighted by atomic mass is 10.0. The number of benzene rings is 2. The van der Waals surface area contributed by atoms with Gasteiger partial charge in [-0.15, -0.1) is 0 Å². The Balaban J connectivity index is 1.18. The molecule has 0 fully saturated rings. The van der Waals surface area contributed by atoms with Crippen LogP contribution in [0.3, 0.4) is 0 Å². The summed E-state index contributed by atoms with van der Waals surface area (Å²) in [5.74, 6) is 1.28. The predicted octanol–water partition coefficient (Wildman–Crippen LogP) is 5.73. The van der Waals surface area contributed by atoms with Crippen molar-refractivity contribution in [1.29, 1.82) is 0 Å². The summed E-state index contributed by atoms with van der Waals surface area (Å²) in [6.45, 7) is 6.66. The number of pyridine rings is 1. The van der Waals surface area contributed by atoms with Gasteiger partial charge in [-0.2, -0.15) is 0 Å². The van der Waals surface area contributed by atoms with Crippen molar-refractivity contribution in [2.75, 3.05) is 13.2 Å². The molecule has 36 heavy (non-hydrogen) atoms. The topological polar surface area (TPSA) is 78.9 Å². The van der Waals surface area contributed by atoms with Crippen LogP contribution in [0.25, 0.3) is 0 Å². The van der Waals surface area contributed by atoms with E-state index in [4.69, 9.17) is 30.5 Å². The summed E-state index contributed by atoms with van der Waals surface area (Å²) in [7, 11) is 0. The second-order valence-electron chi connectivity index (χ2n) is 9.05. The van der Waals surface area contributed by atoms with Crippen molar-refractivity contribution < 1.29 is 28.1 Å². The third-order valence-electron chi connectivity index (χ3n) is 5.43. The first-order valence-electron chi connectivity index (χ1n) is 11.7. The summed E-state index contributed by atoms with van der Waals surface area (Å²) < 4.78 is 36.9. The molecule has 3 aromatic rings. The number of hydrogen-bond donors (Lipinski definition) is 1. The minimum atomic E-state index is -0.707. The van der Waals surface area contributed by atoms with Crippen molar-refractivity contribution in [3.05, 3.63) is 71.1 Å². The molecule has 1 amide bonds. The fourth-order valence-electron chi connectivity index (χ4n) is 3.74. The Kier molecular flexibility index (Phi) is 7.84. The normalized spacial score (nSPS) is 14.4. The maximum Gasteiger partial charge on any atom is 0.260 e. The Morgan fingerprint density at radius 1 is 1.22 bits per heavy atom. The molecule has 0 bridgehead atoms. The molecule has 0 aliphatic carbocycles. The van der Waals surface area contributed by atoms with E-state index in [0.29, 0.717) is 31.1 Å². The number of ether oxygens (including phenoxy) is 4. The van der Waals surface area contributed by atoms with Gasteiger partial charge in [0.2, 0.25) is 0 Å². The Bertz CT molecular complexity index is 1220. The van der Waals surface area contributed by atoms with Crippen LogP contribution in [0, 0.1) is 5.82 Å². The van der Waals surface area contributed by atoms with Crippen LogP contribution in [0.2, 0.25) is 5.02 Å². The number of carbonyl (C=O) groups is 1. The van der Waals surface area contributed by atoms with E-state index in [0.717, 1.165) is 29.5 Å². The fraction of sp³-hybridized carbons (Fsp3) is 0.333. The standard InChI is InChI=1S/C27H28ClFN2O5/c1-17(34-20-8-10-21(11-9-20)35-26-22(29)14-19(28)16-31-26)25(32)30-12-5-13-33-23-7-4-6-18-15-27(2,3)36-24(18)23/h4,6-11,14,16-17H,5,12-13,15H2,1-3H3,(H,30,32)/t17-/m1/s1. The highest BCUT2D eigenvalue weighted by atomic mass is 35.5. The van der Waals surface area contributed by atoms with Crippen molar-refractivity contribution in [3.63, 3.8) is 0 Å². The number of carbonyl (C=O) groups excluding carboxylic acids is 1. The summed E-state index contributed by atoms with van der Waals surface area (Å²) in [5.41, 5.74) is 0.913. The molecule has 4 rings (SSSR count). The molecule has 0 saturated carbocycles. The van der Waals surface area contributed by atoms with Crippen LogP contribution < -0.4 is 24.3 Å². The second kappa shape index (κ2) is 11.0. The minimum absolute atomic E-state index is 0.182. The number of amides is 1. The monoisotopic (exact) mass is 514 g/mol. The lowest BCUT2D eigenvalue weighted by molar-refractivity contribution is -0.127. The number of halogens is 2. The number of nitrogens with one attached hydrogen (secondary N) is 1. The first kappa shape index (κ1) is 25.6. The van der Waals surface area contributed by atoms with E-state index in [1.54, 1.807) is 31.2 Å². The molecule has 1 atom stereocenters. The molecular formula is C27H28ClFN2O5. The zero-order chi connectivity index (χ0) is 25.7. The zero-order valence-corrected chi connectivity index (χ0v) is 21.1. The Morgan fingerprint density at radius 3 is 2.72 bits per heavy atom. The molecule has 7 nitrogen and oxygen atoms in total. The summed E-state index contributed by atoms with van der Waals surface area (Å²) in [4.78, 5) is 16.2. The smallest absolute Gasteiger partial charge is 0.260 e. The molecule has 1 aliphatic heterocycles. The average Bonchev–Trinajstić information content (AvgIpc) is 3.16. The predicted molar refractivity (Wildman–Crippen MR) is 134 cm³/mol. The van der Waals surface area contributed by atoms with Crippen LogP contribution in [0.5, 0.6) is 28.9 Å². The average molecular weight is 515 g/mol. The van der Waals surface area contributed by atoms with E-state index in [1.807, 2.05) is 12.1 Å². The van der Waals surface area contributed by atoms with Gasteiger partial charge in [-0.3, -0.25) is 4.79 Å². The number of nitrogens with zero attached hydrogens (tertiary/aromatic N) is 1. The fourth-order valence-corrected chi connectivity index (χ4v) is 3.89. The minimum Gasteiger partial charge on any atom is -0.490 e. The van der Waals surface area contributed by atoms with E-state index in [-0.39, 0.29) is 22.4 Å². The maximum atomic E-state index is 13.8. The van der Waals surface area contributed by atoms with Gasteiger partial charge < -0.3 is 24.3 Å². The Labute approximate surface area is 214 Å². The highest BCUT2D eigenvalue weighted by Crippen LogP contribution is 2.41. The lowest BCUT2D eigenvalue weighted by Gasteiger charge is -2.18. The van der Waals surface area contributed by atoms with Gasteiger partial charge in [0, 0.05) is 24.7 Å². The molecular weight excluding hydrogens is 487 g/mol. The first-order valence-corrected chi connectivity index (χ1v) is 12.0. The van der Waals surface area contributed by atoms with E-state index in [2.05, 4.69) is 30.2 Å². The molecule has 1 N–H and O–H groups in total. The van der Waals surface area contributed by atoms with Gasteiger partial charge in [-0.05, 0) is 63.6 Å². The summed E-state index contributed by atoms with van der Waals surface area (Å²) in [6, 6.07) is 13.5. The van der Waals surface area contributed by atoms with Crippen molar-refractivity contribution in [1.82, 2.24) is 10.3 Å². The van der Waals surface area contributed by atoms with Crippen LogP contribution in [0.4, 0.5) is 4.39 Å². The molecule has 190 valence electrons. The molecule has 0 spiro atoms. The van der Waals surface area contributed by atoms with E-state index in [9.17, 15) is 9.18 Å². The Hall–Kier alpha value is -3.52. The lowest BCUT2D eigenvalue weighted by Crippen LogP contribution is -2.37. The molecule has 0 unspecified atom stereocenters. The number of aromatic nitrogens is 1. The maximum absolute atomic E-state index is 13.8. The highest BCUT2D eigenvalue weighted by Gasteiger charge is 2.32. The SMILES string of the molecule is C[C@@H](Oc1ccc(Oc2ncc(Cl)cc2F)cc1)C(=O)NCCCOc1cccc2c1OC(C)(C)C2. The molecule has 1 aliphatic rings. The largest absolute Gasteiger partial charge is 0.490 e. The Morgan fingerprint density at radius 2 is 1.97 bits per heavy atom. The van der Waals surface area contributed by atoms with Crippen molar-refractivity contribution in [2.24, 2.45) is 0 Å². The summed E-state index contributed by atoms with van der Waals surface area (Å²) >= 11 is 5.70. The number of hydrogen-bond acceptors (Lipinski definition) is 6. The molecule has 9 heteroatoms. The van der Waals surface area contributed by atoms with Gasteiger partial charge in [0.25, 0.3) is 11.8 Å². The first-order chi connectivity index (χ1) is 17.2. The van der Waals surface area contributed by atoms with Crippen LogP contribution in [0.15, 0.2) is 54.7 Å². The molecule has 0 radical (unpaired) electrons. The van der Waals surface area contributed by atoms with Crippen LogP contribution in [-0.2, 0) is 11.2 Å². The zero-order valence-electron chi connectivity index (χ0n) is 20.3. The number of rotatable bonds is 10. The van der Waals surface area contributed by atoms with Crippen molar-refractivity contribution in [2.45, 2.75) is 45.3 Å². The van der Waals surface area contributed by atoms with Gasteiger partial charge in [-0.25, -0.2) is 9.37 Å². The van der Waals surface area contributed by atoms with E-state index >= 15 is 0 Å². The summed E-state index contributed by atoms with van der Waals surface area (Å²) in [6.07, 6.45) is 2.07. The van der Waals surface area contributed by atoms with Crippen LogP contribution in [0.1, 0.15) is 32.8 Å². The molecule has 0 saturated heterocycles. The third kappa shape index (κ3) is 6.57. The molecule has 2 heterocycles. The van der Waals surface area contributed by atoms with Crippen LogP contribution >= 0.6 is 11.6 Å². The van der Waals surface area contributed by atoms with Crippen molar-refractivity contribution in [3.8, 4) is 28.9 Å². The highest BCUT2D eigenvalue weighted by molar-refractivity contribution is 6.30. The van der Waals surface area contributed by atoms with E-state index in [1.165, 1.54) is 6.20 Å². The van der Waals surface area contributed by atoms with Crippen LogP contribution in [-0.4, -0.2) is 35.7 Å². The van der Waals surface area contributed by atoms with Gasteiger partial charge in [0.15, 0.2) is 23.4 Å². The van der Waals surface area contributed by atoms with Crippen molar-refractivity contribution >= 4 is 17.5 Å². The van der Waals surface area contributed by atoms with Gasteiger partial charge >= 0.3 is 0 Å². The summed E-state index contributed by atoms with van der Waals surface area (Å²) in [5, 5.41) is 3.03. The quantitative estimate of drug-likeness (QED) is 0.348. The third-order valence-corrected chi connectivity index (χ3v) is 5.63. The second-order valence-corrected chi connectivity index (χ2v) is 9.49. The number of para-hydroxylation sites is 1.